The molecule has 2 fully saturated rings. The minimum atomic E-state index is -3.19. The molecule has 0 saturated carbocycles. The number of likely N-dealkylation sites (tertiary alicyclic amines) is 2. The average Bonchev–Trinajstić information content (AvgIpc) is 2.46. The van der Waals surface area contributed by atoms with Gasteiger partial charge in [-0.2, -0.15) is 0 Å². The van der Waals surface area contributed by atoms with Gasteiger partial charge in [-0.15, -0.1) is 0 Å². The van der Waals surface area contributed by atoms with E-state index in [0.717, 1.165) is 19.1 Å². The van der Waals surface area contributed by atoms with Gasteiger partial charge in [-0.05, 0) is 25.7 Å². The summed E-state index contributed by atoms with van der Waals surface area (Å²) in [6.07, 6.45) is 3.92. The molecule has 0 bridgehead atoms. The molecule has 0 unspecified atom stereocenters. The third-order valence-corrected chi connectivity index (χ3v) is 5.24. The Morgan fingerprint density at radius 1 is 0.955 bits per heavy atom. The molecule has 0 aromatic rings. The minimum Gasteiger partial charge on any atom is -0.343 e. The molecule has 0 aromatic heterocycles. The summed E-state index contributed by atoms with van der Waals surface area (Å²) in [7, 11) is -3.19. The zero-order valence-corrected chi connectivity index (χ0v) is 14.1. The zero-order chi connectivity index (χ0) is 16.3. The molecule has 126 valence electrons. The van der Waals surface area contributed by atoms with Crippen molar-refractivity contribution in [2.75, 3.05) is 32.4 Å². The molecule has 2 saturated heterocycles. The Labute approximate surface area is 132 Å². The van der Waals surface area contributed by atoms with E-state index in [1.54, 1.807) is 11.8 Å². The third-order valence-electron chi connectivity index (χ3n) is 4.48. The monoisotopic (exact) mass is 331 g/mol. The van der Waals surface area contributed by atoms with E-state index in [1.807, 2.05) is 4.90 Å². The van der Waals surface area contributed by atoms with Gasteiger partial charge in [0.1, 0.15) is 0 Å². The molecule has 2 heterocycles. The first kappa shape index (κ1) is 17.2. The Balaban J connectivity index is 1.79. The topological polar surface area (TPSA) is 86.8 Å². The number of amides is 2. The Morgan fingerprint density at radius 3 is 1.91 bits per heavy atom. The van der Waals surface area contributed by atoms with E-state index < -0.39 is 10.0 Å². The number of rotatable bonds is 3. The van der Waals surface area contributed by atoms with Crippen LogP contribution in [0.4, 0.5) is 0 Å². The SMILES string of the molecule is CC(=O)N1CCC(C(=O)N2CCC(NS(C)(=O)=O)CC2)CC1. The standard InChI is InChI=1S/C14H25N3O4S/c1-11(18)16-7-3-12(4-8-16)14(19)17-9-5-13(6-10-17)15-22(2,20)21/h12-13,15H,3-10H2,1-2H3. The van der Waals surface area contributed by atoms with Crippen LogP contribution in [-0.4, -0.2) is 68.5 Å². The van der Waals surface area contributed by atoms with Crippen molar-refractivity contribution in [2.45, 2.75) is 38.6 Å². The Bertz CT molecular complexity index is 518. The summed E-state index contributed by atoms with van der Waals surface area (Å²) in [5.41, 5.74) is 0. The van der Waals surface area contributed by atoms with Crippen LogP contribution in [0.3, 0.4) is 0 Å². The molecule has 2 rings (SSSR count). The average molecular weight is 331 g/mol. The van der Waals surface area contributed by atoms with Gasteiger partial charge < -0.3 is 9.80 Å². The summed E-state index contributed by atoms with van der Waals surface area (Å²) in [5.74, 6) is 0.217. The van der Waals surface area contributed by atoms with E-state index in [9.17, 15) is 18.0 Å². The lowest BCUT2D eigenvalue weighted by molar-refractivity contribution is -0.140. The second kappa shape index (κ2) is 6.95. The van der Waals surface area contributed by atoms with Gasteiger partial charge in [-0.25, -0.2) is 13.1 Å². The number of nitrogens with one attached hydrogen (secondary N) is 1. The number of piperidine rings is 2. The van der Waals surface area contributed by atoms with Gasteiger partial charge in [0.05, 0.1) is 6.26 Å². The van der Waals surface area contributed by atoms with Crippen LogP contribution in [0.25, 0.3) is 0 Å². The van der Waals surface area contributed by atoms with Crippen molar-refractivity contribution in [3.8, 4) is 0 Å². The molecule has 0 radical (unpaired) electrons. The van der Waals surface area contributed by atoms with Gasteiger partial charge in [0.2, 0.25) is 21.8 Å². The lowest BCUT2D eigenvalue weighted by Crippen LogP contribution is -2.49. The molecule has 0 atom stereocenters. The van der Waals surface area contributed by atoms with Crippen LogP contribution in [0, 0.1) is 5.92 Å². The van der Waals surface area contributed by atoms with E-state index in [4.69, 9.17) is 0 Å². The van der Waals surface area contributed by atoms with Crippen molar-refractivity contribution in [3.05, 3.63) is 0 Å². The highest BCUT2D eigenvalue weighted by Crippen LogP contribution is 2.22. The summed E-state index contributed by atoms with van der Waals surface area (Å²) < 4.78 is 25.1. The molecule has 2 aliphatic rings. The maximum atomic E-state index is 12.5. The van der Waals surface area contributed by atoms with Crippen LogP contribution >= 0.6 is 0 Å². The van der Waals surface area contributed by atoms with Gasteiger partial charge in [0.15, 0.2) is 0 Å². The van der Waals surface area contributed by atoms with E-state index in [-0.39, 0.29) is 23.8 Å². The van der Waals surface area contributed by atoms with Crippen LogP contribution in [0.1, 0.15) is 32.6 Å². The smallest absolute Gasteiger partial charge is 0.225 e. The van der Waals surface area contributed by atoms with Crippen molar-refractivity contribution in [1.82, 2.24) is 14.5 Å². The molecule has 2 aliphatic heterocycles. The number of hydrogen-bond donors (Lipinski definition) is 1. The first-order chi connectivity index (χ1) is 10.3. The number of carbonyl (C=O) groups excluding carboxylic acids is 2. The van der Waals surface area contributed by atoms with Gasteiger partial charge in [0.25, 0.3) is 0 Å². The Morgan fingerprint density at radius 2 is 1.45 bits per heavy atom. The first-order valence-electron chi connectivity index (χ1n) is 7.78. The van der Waals surface area contributed by atoms with E-state index in [0.29, 0.717) is 39.0 Å². The van der Waals surface area contributed by atoms with Crippen molar-refractivity contribution in [3.63, 3.8) is 0 Å². The fourth-order valence-corrected chi connectivity index (χ4v) is 4.06. The number of sulfonamides is 1. The van der Waals surface area contributed by atoms with Gasteiger partial charge >= 0.3 is 0 Å². The number of hydrogen-bond acceptors (Lipinski definition) is 4. The highest BCUT2D eigenvalue weighted by Gasteiger charge is 2.31. The molecule has 7 nitrogen and oxygen atoms in total. The van der Waals surface area contributed by atoms with E-state index in [1.165, 1.54) is 0 Å². The second-order valence-electron chi connectivity index (χ2n) is 6.27. The summed E-state index contributed by atoms with van der Waals surface area (Å²) in [5, 5.41) is 0. The van der Waals surface area contributed by atoms with Gasteiger partial charge in [-0.1, -0.05) is 0 Å². The molecule has 0 aliphatic carbocycles. The zero-order valence-electron chi connectivity index (χ0n) is 13.2. The predicted octanol–water partition coefficient (Wildman–Crippen LogP) is -0.215. The molecular formula is C14H25N3O4S. The Kier molecular flexibility index (Phi) is 5.44. The quantitative estimate of drug-likeness (QED) is 0.775. The number of carbonyl (C=O) groups is 2. The maximum absolute atomic E-state index is 12.5. The molecule has 1 N–H and O–H groups in total. The second-order valence-corrected chi connectivity index (χ2v) is 8.05. The summed E-state index contributed by atoms with van der Waals surface area (Å²) in [4.78, 5) is 27.4. The fraction of sp³-hybridized carbons (Fsp3) is 0.857. The molecule has 0 aromatic carbocycles. The van der Waals surface area contributed by atoms with Crippen LogP contribution < -0.4 is 4.72 Å². The molecule has 8 heteroatoms. The maximum Gasteiger partial charge on any atom is 0.225 e. The molecule has 2 amide bonds. The lowest BCUT2D eigenvalue weighted by atomic mass is 9.94. The third kappa shape index (κ3) is 4.67. The van der Waals surface area contributed by atoms with Crippen molar-refractivity contribution in [2.24, 2.45) is 5.92 Å². The van der Waals surface area contributed by atoms with E-state index >= 15 is 0 Å². The fourth-order valence-electron chi connectivity index (χ4n) is 3.22. The highest BCUT2D eigenvalue weighted by atomic mass is 32.2. The van der Waals surface area contributed by atoms with Crippen LogP contribution in [0.5, 0.6) is 0 Å². The van der Waals surface area contributed by atoms with Gasteiger partial charge in [0, 0.05) is 45.1 Å². The summed E-state index contributed by atoms with van der Waals surface area (Å²) in [6.45, 7) is 4.05. The van der Waals surface area contributed by atoms with E-state index in [2.05, 4.69) is 4.72 Å². The molecule has 0 spiro atoms. The predicted molar refractivity (Wildman–Crippen MR) is 82.6 cm³/mol. The van der Waals surface area contributed by atoms with Gasteiger partial charge in [-0.3, -0.25) is 9.59 Å². The Hall–Kier alpha value is -1.15. The summed E-state index contributed by atoms with van der Waals surface area (Å²) in [6, 6.07) is -0.0707. The number of nitrogens with zero attached hydrogens (tertiary/aromatic N) is 2. The normalized spacial score (nSPS) is 21.9. The van der Waals surface area contributed by atoms with Crippen LogP contribution in [0.2, 0.25) is 0 Å². The van der Waals surface area contributed by atoms with Crippen LogP contribution in [0.15, 0.2) is 0 Å². The van der Waals surface area contributed by atoms with Crippen molar-refractivity contribution in [1.29, 1.82) is 0 Å². The van der Waals surface area contributed by atoms with Crippen LogP contribution in [-0.2, 0) is 19.6 Å². The first-order valence-corrected chi connectivity index (χ1v) is 9.67. The minimum absolute atomic E-state index is 0.00461. The molecule has 22 heavy (non-hydrogen) atoms. The van der Waals surface area contributed by atoms with Crippen molar-refractivity contribution < 1.29 is 18.0 Å². The van der Waals surface area contributed by atoms with Crippen molar-refractivity contribution >= 4 is 21.8 Å². The summed E-state index contributed by atoms with van der Waals surface area (Å²) >= 11 is 0. The highest BCUT2D eigenvalue weighted by molar-refractivity contribution is 7.88. The lowest BCUT2D eigenvalue weighted by Gasteiger charge is -2.37. The largest absolute Gasteiger partial charge is 0.343 e. The molecular weight excluding hydrogens is 306 g/mol.